The highest BCUT2D eigenvalue weighted by atomic mass is 35.5. The number of phenolic OH excluding ortho intramolecular Hbond substituents is 1. The molecule has 0 unspecified atom stereocenters. The maximum absolute atomic E-state index is 10.4. The van der Waals surface area contributed by atoms with E-state index in [1.54, 1.807) is 12.1 Å². The Labute approximate surface area is 165 Å². The summed E-state index contributed by atoms with van der Waals surface area (Å²) in [6.07, 6.45) is 0. The number of piperazine rings is 1. The van der Waals surface area contributed by atoms with E-state index in [4.69, 9.17) is 36.8 Å². The highest BCUT2D eigenvalue weighted by molar-refractivity contribution is 6.38. The standard InChI is InChI=1S/C18H19Cl2N3O3/c1-25-18-15(14-11(19)3-2-4-13(14)24)16(20)17-12(22-18)8-23-6-5-21-7-10(23)9-26-17/h2-4,10,21,24H,5-9H2,1H3/t10-/m1/s1/i1D3. The van der Waals surface area contributed by atoms with Gasteiger partial charge in [-0.2, -0.15) is 0 Å². The number of rotatable bonds is 2. The van der Waals surface area contributed by atoms with Gasteiger partial charge in [0, 0.05) is 31.7 Å². The molecule has 138 valence electrons. The smallest absolute Gasteiger partial charge is 0.223 e. The van der Waals surface area contributed by atoms with Gasteiger partial charge in [0.25, 0.3) is 0 Å². The number of hydrogen-bond donors (Lipinski definition) is 2. The number of nitrogens with zero attached hydrogens (tertiary/aromatic N) is 2. The van der Waals surface area contributed by atoms with Crippen molar-refractivity contribution in [2.45, 2.75) is 12.6 Å². The monoisotopic (exact) mass is 398 g/mol. The van der Waals surface area contributed by atoms with Gasteiger partial charge in [0.2, 0.25) is 5.88 Å². The molecule has 6 nitrogen and oxygen atoms in total. The Morgan fingerprint density at radius 2 is 2.31 bits per heavy atom. The molecule has 0 bridgehead atoms. The van der Waals surface area contributed by atoms with Crippen LogP contribution in [0.4, 0.5) is 0 Å². The number of phenols is 1. The average Bonchev–Trinajstić information content (AvgIpc) is 2.82. The third-order valence-corrected chi connectivity index (χ3v) is 5.39. The first-order valence-electron chi connectivity index (χ1n) is 9.71. The van der Waals surface area contributed by atoms with Crippen molar-refractivity contribution in [1.29, 1.82) is 0 Å². The highest BCUT2D eigenvalue weighted by Crippen LogP contribution is 2.48. The molecule has 1 aromatic carbocycles. The van der Waals surface area contributed by atoms with Crippen LogP contribution in [0.25, 0.3) is 11.1 Å². The number of hydrogen-bond acceptors (Lipinski definition) is 6. The highest BCUT2D eigenvalue weighted by Gasteiger charge is 2.32. The van der Waals surface area contributed by atoms with E-state index in [-0.39, 0.29) is 38.8 Å². The van der Waals surface area contributed by atoms with Gasteiger partial charge < -0.3 is 19.9 Å². The fourth-order valence-corrected chi connectivity index (χ4v) is 4.02. The molecule has 2 aliphatic heterocycles. The molecule has 0 radical (unpaired) electrons. The number of aromatic hydroxyl groups is 1. The first-order valence-corrected chi connectivity index (χ1v) is 8.97. The summed E-state index contributed by atoms with van der Waals surface area (Å²) < 4.78 is 33.7. The largest absolute Gasteiger partial charge is 0.507 e. The van der Waals surface area contributed by atoms with Crippen LogP contribution in [0, 0.1) is 0 Å². The predicted molar refractivity (Wildman–Crippen MR) is 100 cm³/mol. The van der Waals surface area contributed by atoms with Crippen LogP contribution in [0.1, 0.15) is 9.81 Å². The molecule has 4 rings (SSSR count). The maximum atomic E-state index is 10.4. The Kier molecular flexibility index (Phi) is 3.93. The third kappa shape index (κ3) is 2.97. The number of ether oxygens (including phenoxy) is 2. The molecule has 1 aromatic heterocycles. The second-order valence-electron chi connectivity index (χ2n) is 6.26. The van der Waals surface area contributed by atoms with Crippen LogP contribution in [0.5, 0.6) is 17.4 Å². The van der Waals surface area contributed by atoms with Crippen LogP contribution in [0.3, 0.4) is 0 Å². The Hall–Kier alpha value is -1.73. The van der Waals surface area contributed by atoms with Crippen LogP contribution in [-0.4, -0.2) is 54.3 Å². The van der Waals surface area contributed by atoms with Crippen molar-refractivity contribution in [2.24, 2.45) is 0 Å². The van der Waals surface area contributed by atoms with Crippen molar-refractivity contribution in [1.82, 2.24) is 15.2 Å². The van der Waals surface area contributed by atoms with E-state index in [2.05, 4.69) is 15.2 Å². The van der Waals surface area contributed by atoms with E-state index in [0.717, 1.165) is 19.6 Å². The Morgan fingerprint density at radius 1 is 1.42 bits per heavy atom. The summed E-state index contributed by atoms with van der Waals surface area (Å²) in [4.78, 5) is 6.65. The number of benzene rings is 1. The van der Waals surface area contributed by atoms with Crippen molar-refractivity contribution in [2.75, 3.05) is 33.3 Å². The van der Waals surface area contributed by atoms with E-state index >= 15 is 0 Å². The molecule has 0 amide bonds. The van der Waals surface area contributed by atoms with Crippen molar-refractivity contribution in [3.05, 3.63) is 33.9 Å². The number of methoxy groups -OCH3 is 1. The van der Waals surface area contributed by atoms with Gasteiger partial charge >= 0.3 is 0 Å². The molecule has 8 heteroatoms. The number of pyridine rings is 1. The Morgan fingerprint density at radius 3 is 3.12 bits per heavy atom. The second kappa shape index (κ2) is 7.12. The van der Waals surface area contributed by atoms with Crippen LogP contribution in [-0.2, 0) is 6.54 Å². The number of fused-ring (bicyclic) bond motifs is 2. The minimum absolute atomic E-state index is 0.0858. The predicted octanol–water partition coefficient (Wildman–Crippen LogP) is 2.94. The van der Waals surface area contributed by atoms with Gasteiger partial charge in [0.1, 0.15) is 18.1 Å². The van der Waals surface area contributed by atoms with Gasteiger partial charge in [0.05, 0.1) is 32.8 Å². The molecular formula is C18H19Cl2N3O3. The zero-order chi connectivity index (χ0) is 20.8. The van der Waals surface area contributed by atoms with Gasteiger partial charge in [-0.3, -0.25) is 4.90 Å². The Balaban J connectivity index is 1.90. The number of aromatic nitrogens is 1. The zero-order valence-corrected chi connectivity index (χ0v) is 15.3. The Bertz CT molecular complexity index is 923. The molecule has 2 aromatic rings. The van der Waals surface area contributed by atoms with Crippen LogP contribution >= 0.6 is 23.2 Å². The summed E-state index contributed by atoms with van der Waals surface area (Å²) in [5, 5.41) is 14.0. The molecular weight excluding hydrogens is 377 g/mol. The lowest BCUT2D eigenvalue weighted by Crippen LogP contribution is -2.52. The van der Waals surface area contributed by atoms with E-state index in [1.807, 2.05) is 0 Å². The molecule has 1 fully saturated rings. The first-order chi connectivity index (χ1) is 13.7. The van der Waals surface area contributed by atoms with Crippen molar-refractivity contribution < 1.29 is 18.7 Å². The van der Waals surface area contributed by atoms with Gasteiger partial charge in [-0.15, -0.1) is 0 Å². The van der Waals surface area contributed by atoms with Crippen molar-refractivity contribution in [3.63, 3.8) is 0 Å². The van der Waals surface area contributed by atoms with Crippen molar-refractivity contribution in [3.8, 4) is 28.5 Å². The molecule has 3 heterocycles. The van der Waals surface area contributed by atoms with Crippen LogP contribution in [0.2, 0.25) is 10.0 Å². The van der Waals surface area contributed by atoms with E-state index < -0.39 is 7.04 Å². The van der Waals surface area contributed by atoms with E-state index in [1.165, 1.54) is 6.07 Å². The minimum atomic E-state index is -2.76. The summed E-state index contributed by atoms with van der Waals surface area (Å²) >= 11 is 13.0. The van der Waals surface area contributed by atoms with E-state index in [0.29, 0.717) is 24.6 Å². The van der Waals surface area contributed by atoms with Gasteiger partial charge in [-0.1, -0.05) is 29.3 Å². The topological polar surface area (TPSA) is 66.8 Å². The van der Waals surface area contributed by atoms with Crippen LogP contribution in [0.15, 0.2) is 18.2 Å². The molecule has 1 saturated heterocycles. The zero-order valence-electron chi connectivity index (χ0n) is 16.8. The molecule has 0 saturated carbocycles. The second-order valence-corrected chi connectivity index (χ2v) is 7.04. The minimum Gasteiger partial charge on any atom is -0.507 e. The quantitative estimate of drug-likeness (QED) is 0.810. The molecule has 26 heavy (non-hydrogen) atoms. The molecule has 0 spiro atoms. The first kappa shape index (κ1) is 14.3. The van der Waals surface area contributed by atoms with Gasteiger partial charge in [-0.05, 0) is 12.1 Å². The number of halogens is 2. The van der Waals surface area contributed by atoms with Crippen LogP contribution < -0.4 is 14.8 Å². The molecule has 0 aliphatic carbocycles. The molecule has 2 aliphatic rings. The summed E-state index contributed by atoms with van der Waals surface area (Å²) in [6, 6.07) is 4.69. The summed E-state index contributed by atoms with van der Waals surface area (Å²) in [5.41, 5.74) is 0.706. The number of nitrogens with one attached hydrogen (secondary N) is 1. The van der Waals surface area contributed by atoms with Gasteiger partial charge in [0.15, 0.2) is 5.75 Å². The lowest BCUT2D eigenvalue weighted by atomic mass is 10.0. The molecule has 2 N–H and O–H groups in total. The normalized spacial score (nSPS) is 22.1. The third-order valence-electron chi connectivity index (χ3n) is 4.71. The van der Waals surface area contributed by atoms with Gasteiger partial charge in [-0.25, -0.2) is 4.98 Å². The van der Waals surface area contributed by atoms with Crippen molar-refractivity contribution >= 4 is 23.2 Å². The average molecular weight is 399 g/mol. The summed E-state index contributed by atoms with van der Waals surface area (Å²) in [7, 11) is -2.76. The summed E-state index contributed by atoms with van der Waals surface area (Å²) in [5.74, 6) is -0.0607. The lowest BCUT2D eigenvalue weighted by molar-refractivity contribution is 0.119. The fraction of sp³-hybridized carbons (Fsp3) is 0.389. The lowest BCUT2D eigenvalue weighted by Gasteiger charge is -2.33. The maximum Gasteiger partial charge on any atom is 0.223 e. The van der Waals surface area contributed by atoms with E-state index in [9.17, 15) is 5.11 Å². The fourth-order valence-electron chi connectivity index (χ4n) is 3.42. The SMILES string of the molecule is [2H]C([2H])([2H])Oc1nc2c(c(Cl)c1-c1c(O)cccc1Cl)OC[C@H]1CNCCN1C2. The summed E-state index contributed by atoms with van der Waals surface area (Å²) in [6.45, 7) is 3.24. The molecule has 1 atom stereocenters.